The van der Waals surface area contributed by atoms with E-state index in [1.54, 1.807) is 0 Å². The molecule has 0 bridgehead atoms. The summed E-state index contributed by atoms with van der Waals surface area (Å²) in [5.74, 6) is 0. The first-order chi connectivity index (χ1) is 3.93. The molecule has 1 atom stereocenters. The highest BCUT2D eigenvalue weighted by molar-refractivity contribution is 5.33. The van der Waals surface area contributed by atoms with Gasteiger partial charge in [-0.3, -0.25) is 0 Å². The van der Waals surface area contributed by atoms with Gasteiger partial charge in [0.15, 0.2) is 0 Å². The number of hydrogen-bond acceptors (Lipinski definition) is 1. The third kappa shape index (κ3) is 0.324. The minimum atomic E-state index is 0.771. The molecule has 0 radical (unpaired) electrons. The summed E-state index contributed by atoms with van der Waals surface area (Å²) in [4.78, 5) is 2.23. The first-order valence-electron chi connectivity index (χ1n) is 3.04. The van der Waals surface area contributed by atoms with Crippen molar-refractivity contribution in [2.24, 2.45) is 0 Å². The van der Waals surface area contributed by atoms with Gasteiger partial charge in [-0.2, -0.15) is 0 Å². The van der Waals surface area contributed by atoms with E-state index < -0.39 is 0 Å². The SMILES string of the molecule is C=CN1C2=CCCC21. The van der Waals surface area contributed by atoms with Gasteiger partial charge in [-0.25, -0.2) is 0 Å². The molecule has 1 nitrogen and oxygen atoms in total. The van der Waals surface area contributed by atoms with Crippen LogP contribution in [-0.4, -0.2) is 10.9 Å². The van der Waals surface area contributed by atoms with Crippen LogP contribution in [0, 0.1) is 0 Å². The fourth-order valence-corrected chi connectivity index (χ4v) is 1.42. The van der Waals surface area contributed by atoms with Gasteiger partial charge >= 0.3 is 0 Å². The van der Waals surface area contributed by atoms with Crippen LogP contribution in [0.15, 0.2) is 24.6 Å². The topological polar surface area (TPSA) is 3.01 Å². The summed E-state index contributed by atoms with van der Waals surface area (Å²) >= 11 is 0. The zero-order valence-electron chi connectivity index (χ0n) is 4.80. The molecule has 1 aliphatic heterocycles. The Labute approximate surface area is 49.3 Å². The molecule has 2 aliphatic rings. The summed E-state index contributed by atoms with van der Waals surface area (Å²) in [6.07, 6.45) is 6.81. The first-order valence-corrected chi connectivity index (χ1v) is 3.04. The molecule has 1 heteroatoms. The van der Waals surface area contributed by atoms with Crippen LogP contribution in [0.25, 0.3) is 0 Å². The van der Waals surface area contributed by atoms with E-state index in [2.05, 4.69) is 17.6 Å². The Morgan fingerprint density at radius 2 is 2.75 bits per heavy atom. The maximum Gasteiger partial charge on any atom is 0.0734 e. The van der Waals surface area contributed by atoms with Gasteiger partial charge in [0.05, 0.1) is 6.04 Å². The molecule has 1 unspecified atom stereocenters. The Balaban J connectivity index is 2.20. The normalized spacial score (nSPS) is 31.8. The second-order valence-corrected chi connectivity index (χ2v) is 2.31. The minimum absolute atomic E-state index is 0.771. The zero-order valence-corrected chi connectivity index (χ0v) is 4.80. The molecule has 1 heterocycles. The van der Waals surface area contributed by atoms with E-state index in [1.807, 2.05) is 6.20 Å². The average molecular weight is 107 g/mol. The molecule has 0 aromatic heterocycles. The van der Waals surface area contributed by atoms with Crippen LogP contribution in [0.3, 0.4) is 0 Å². The minimum Gasteiger partial charge on any atom is -0.341 e. The van der Waals surface area contributed by atoms with Gasteiger partial charge in [0.25, 0.3) is 0 Å². The van der Waals surface area contributed by atoms with E-state index in [-0.39, 0.29) is 0 Å². The van der Waals surface area contributed by atoms with Gasteiger partial charge in [0.2, 0.25) is 0 Å². The highest BCUT2D eigenvalue weighted by Gasteiger charge is 2.40. The number of fused-ring (bicyclic) bond motifs is 1. The lowest BCUT2D eigenvalue weighted by Crippen LogP contribution is -1.90. The third-order valence-electron chi connectivity index (χ3n) is 1.90. The largest absolute Gasteiger partial charge is 0.341 e. The third-order valence-corrected chi connectivity index (χ3v) is 1.90. The van der Waals surface area contributed by atoms with Crippen molar-refractivity contribution in [3.63, 3.8) is 0 Å². The highest BCUT2D eigenvalue weighted by Crippen LogP contribution is 2.41. The smallest absolute Gasteiger partial charge is 0.0734 e. The predicted molar refractivity (Wildman–Crippen MR) is 33.1 cm³/mol. The van der Waals surface area contributed by atoms with Crippen molar-refractivity contribution in [2.45, 2.75) is 18.9 Å². The van der Waals surface area contributed by atoms with Crippen molar-refractivity contribution in [1.82, 2.24) is 4.90 Å². The zero-order chi connectivity index (χ0) is 5.56. The summed E-state index contributed by atoms with van der Waals surface area (Å²) in [7, 11) is 0. The Kier molecular flexibility index (Phi) is 0.608. The van der Waals surface area contributed by atoms with Crippen molar-refractivity contribution >= 4 is 0 Å². The maximum atomic E-state index is 3.69. The van der Waals surface area contributed by atoms with E-state index >= 15 is 0 Å². The van der Waals surface area contributed by atoms with Crippen molar-refractivity contribution in [1.29, 1.82) is 0 Å². The van der Waals surface area contributed by atoms with E-state index in [1.165, 1.54) is 18.5 Å². The fraction of sp³-hybridized carbons (Fsp3) is 0.429. The molecule has 0 spiro atoms. The predicted octanol–water partition coefficient (Wildman–Crippen LogP) is 1.49. The number of hydrogen-bond donors (Lipinski definition) is 0. The maximum absolute atomic E-state index is 3.69. The van der Waals surface area contributed by atoms with Crippen LogP contribution in [0.2, 0.25) is 0 Å². The van der Waals surface area contributed by atoms with Crippen LogP contribution >= 0.6 is 0 Å². The lowest BCUT2D eigenvalue weighted by Gasteiger charge is -1.93. The Bertz CT molecular complexity index is 158. The molecule has 0 N–H and O–H groups in total. The summed E-state index contributed by atoms with van der Waals surface area (Å²) in [6.45, 7) is 3.69. The molecule has 8 heavy (non-hydrogen) atoms. The molecule has 1 fully saturated rings. The van der Waals surface area contributed by atoms with Crippen LogP contribution < -0.4 is 0 Å². The lowest BCUT2D eigenvalue weighted by molar-refractivity contribution is 0.635. The van der Waals surface area contributed by atoms with E-state index in [0.717, 1.165) is 6.04 Å². The highest BCUT2D eigenvalue weighted by atomic mass is 15.3. The molecule has 2 rings (SSSR count). The molecule has 0 saturated carbocycles. The van der Waals surface area contributed by atoms with Crippen molar-refractivity contribution < 1.29 is 0 Å². The van der Waals surface area contributed by atoms with Gasteiger partial charge in [-0.15, -0.1) is 0 Å². The number of nitrogens with zero attached hydrogens (tertiary/aromatic N) is 1. The van der Waals surface area contributed by atoms with Gasteiger partial charge in [0, 0.05) is 5.70 Å². The van der Waals surface area contributed by atoms with Gasteiger partial charge in [-0.1, -0.05) is 12.7 Å². The lowest BCUT2D eigenvalue weighted by atomic mass is 10.3. The monoisotopic (exact) mass is 107 g/mol. The van der Waals surface area contributed by atoms with Crippen molar-refractivity contribution in [3.8, 4) is 0 Å². The molecule has 0 aromatic rings. The van der Waals surface area contributed by atoms with E-state index in [0.29, 0.717) is 0 Å². The standard InChI is InChI=1S/C7H9N/c1-2-8-6-4-3-5-7(6)8/h2,4,7H,1,3,5H2. The Morgan fingerprint density at radius 3 is 3.12 bits per heavy atom. The van der Waals surface area contributed by atoms with Gasteiger partial charge < -0.3 is 4.90 Å². The van der Waals surface area contributed by atoms with Crippen LogP contribution in [0.1, 0.15) is 12.8 Å². The summed E-state index contributed by atoms with van der Waals surface area (Å²) in [5.41, 5.74) is 1.50. The summed E-state index contributed by atoms with van der Waals surface area (Å²) in [5, 5.41) is 0. The molecular weight excluding hydrogens is 98.1 g/mol. The average Bonchev–Trinajstić information content (AvgIpc) is 2.22. The van der Waals surface area contributed by atoms with E-state index in [4.69, 9.17) is 0 Å². The molecule has 1 saturated heterocycles. The van der Waals surface area contributed by atoms with Crippen LogP contribution in [-0.2, 0) is 0 Å². The summed E-state index contributed by atoms with van der Waals surface area (Å²) < 4.78 is 0. The summed E-state index contributed by atoms with van der Waals surface area (Å²) in [6, 6.07) is 0.771. The van der Waals surface area contributed by atoms with Gasteiger partial charge in [0.1, 0.15) is 0 Å². The van der Waals surface area contributed by atoms with Crippen molar-refractivity contribution in [3.05, 3.63) is 24.6 Å². The second-order valence-electron chi connectivity index (χ2n) is 2.31. The van der Waals surface area contributed by atoms with Crippen molar-refractivity contribution in [2.75, 3.05) is 0 Å². The quantitative estimate of drug-likeness (QED) is 0.459. The van der Waals surface area contributed by atoms with Gasteiger partial charge in [-0.05, 0) is 19.0 Å². The molecule has 1 aliphatic carbocycles. The van der Waals surface area contributed by atoms with Crippen LogP contribution in [0.5, 0.6) is 0 Å². The number of rotatable bonds is 1. The second kappa shape index (κ2) is 1.16. The molecule has 0 amide bonds. The number of allylic oxidation sites excluding steroid dienone is 1. The van der Waals surface area contributed by atoms with Crippen LogP contribution in [0.4, 0.5) is 0 Å². The Morgan fingerprint density at radius 1 is 1.88 bits per heavy atom. The molecule has 0 aromatic carbocycles. The first kappa shape index (κ1) is 4.19. The molecule has 42 valence electrons. The van der Waals surface area contributed by atoms with E-state index in [9.17, 15) is 0 Å². The fourth-order valence-electron chi connectivity index (χ4n) is 1.42. The molecular formula is C7H9N. The Hall–Kier alpha value is -0.720.